The van der Waals surface area contributed by atoms with Crippen molar-refractivity contribution in [3.63, 3.8) is 0 Å². The highest BCUT2D eigenvalue weighted by atomic mass is 32.2. The standard InChI is InChI=1S/C27H34N2O2S/c1-19-20(2)22(4)25(21(19)3)17-12-18-28-26(23-13-8-6-9-14-23)27(29-32(5,30)31)24-15-10-7-11-16-24/h6-16,18,25-29H,17H2,1-5H3/b18-12+/t26-,27-/m0/s1. The third-order valence-corrected chi connectivity index (χ3v) is 7.23. The minimum atomic E-state index is -3.42. The lowest BCUT2D eigenvalue weighted by Gasteiger charge is -2.29. The molecule has 0 saturated carbocycles. The maximum atomic E-state index is 12.2. The predicted octanol–water partition coefficient (Wildman–Crippen LogP) is 5.81. The van der Waals surface area contributed by atoms with Crippen LogP contribution in [-0.4, -0.2) is 14.7 Å². The van der Waals surface area contributed by atoms with E-state index in [-0.39, 0.29) is 6.04 Å². The van der Waals surface area contributed by atoms with E-state index in [9.17, 15) is 8.42 Å². The van der Waals surface area contributed by atoms with Gasteiger partial charge in [0.2, 0.25) is 10.0 Å². The van der Waals surface area contributed by atoms with Gasteiger partial charge in [0.25, 0.3) is 0 Å². The molecule has 2 aromatic rings. The molecule has 0 radical (unpaired) electrons. The zero-order chi connectivity index (χ0) is 23.3. The van der Waals surface area contributed by atoms with Gasteiger partial charge in [-0.2, -0.15) is 0 Å². The fourth-order valence-corrected chi connectivity index (χ4v) is 5.17. The summed E-state index contributed by atoms with van der Waals surface area (Å²) in [6.45, 7) is 8.83. The first kappa shape index (κ1) is 24.0. The van der Waals surface area contributed by atoms with Crippen LogP contribution in [0.15, 0.2) is 95.2 Å². The first-order valence-electron chi connectivity index (χ1n) is 11.0. The largest absolute Gasteiger partial charge is 0.382 e. The van der Waals surface area contributed by atoms with Crippen molar-refractivity contribution in [3.8, 4) is 0 Å². The maximum absolute atomic E-state index is 12.2. The molecular formula is C27H34N2O2S. The van der Waals surface area contributed by atoms with Crippen LogP contribution in [0.3, 0.4) is 0 Å². The van der Waals surface area contributed by atoms with E-state index >= 15 is 0 Å². The van der Waals surface area contributed by atoms with Crippen molar-refractivity contribution in [2.45, 2.75) is 46.2 Å². The molecule has 1 aliphatic carbocycles. The highest BCUT2D eigenvalue weighted by Crippen LogP contribution is 2.38. The van der Waals surface area contributed by atoms with Gasteiger partial charge >= 0.3 is 0 Å². The molecule has 0 fully saturated rings. The van der Waals surface area contributed by atoms with E-state index in [0.29, 0.717) is 5.92 Å². The van der Waals surface area contributed by atoms with Crippen LogP contribution in [0.4, 0.5) is 0 Å². The average Bonchev–Trinajstić information content (AvgIpc) is 2.96. The third kappa shape index (κ3) is 5.78. The SMILES string of the molecule is CC1=C(C)C(C/C=C/N[C@@H](c2ccccc2)[C@@H](NS(C)(=O)=O)c2ccccc2)C(C)=C1C. The maximum Gasteiger partial charge on any atom is 0.209 e. The monoisotopic (exact) mass is 450 g/mol. The van der Waals surface area contributed by atoms with Crippen LogP contribution in [-0.2, 0) is 10.0 Å². The highest BCUT2D eigenvalue weighted by Gasteiger charge is 2.27. The Balaban J connectivity index is 1.87. The molecule has 0 saturated heterocycles. The van der Waals surface area contributed by atoms with Crippen molar-refractivity contribution in [2.24, 2.45) is 5.92 Å². The van der Waals surface area contributed by atoms with Gasteiger partial charge in [-0.1, -0.05) is 77.9 Å². The van der Waals surface area contributed by atoms with E-state index in [2.05, 4.69) is 43.8 Å². The van der Waals surface area contributed by atoms with Gasteiger partial charge in [0.1, 0.15) is 0 Å². The Kier molecular flexibility index (Phi) is 7.75. The molecule has 0 amide bonds. The van der Waals surface area contributed by atoms with Crippen LogP contribution in [0.5, 0.6) is 0 Å². The Morgan fingerprint density at radius 3 is 1.75 bits per heavy atom. The second kappa shape index (κ2) is 10.3. The molecule has 170 valence electrons. The molecule has 5 heteroatoms. The first-order chi connectivity index (χ1) is 15.2. The lowest BCUT2D eigenvalue weighted by molar-refractivity contribution is 0.464. The second-order valence-electron chi connectivity index (χ2n) is 8.64. The highest BCUT2D eigenvalue weighted by molar-refractivity contribution is 7.88. The first-order valence-corrected chi connectivity index (χ1v) is 12.9. The van der Waals surface area contributed by atoms with Crippen molar-refractivity contribution in [1.82, 2.24) is 10.0 Å². The summed E-state index contributed by atoms with van der Waals surface area (Å²) >= 11 is 0. The fourth-order valence-electron chi connectivity index (χ4n) is 4.43. The van der Waals surface area contributed by atoms with E-state index in [1.54, 1.807) is 0 Å². The Hall–Kier alpha value is -2.63. The Bertz CT molecular complexity index is 1090. The molecule has 2 aromatic carbocycles. The van der Waals surface area contributed by atoms with Gasteiger partial charge in [0.05, 0.1) is 18.3 Å². The summed E-state index contributed by atoms with van der Waals surface area (Å²) in [6, 6.07) is 19.0. The molecule has 0 aromatic heterocycles. The van der Waals surface area contributed by atoms with Crippen LogP contribution in [0, 0.1) is 5.92 Å². The molecule has 0 heterocycles. The molecular weight excluding hydrogens is 416 g/mol. The lowest BCUT2D eigenvalue weighted by Crippen LogP contribution is -2.36. The van der Waals surface area contributed by atoms with Gasteiger partial charge in [-0.05, 0) is 62.6 Å². The Labute approximate surface area is 193 Å². The van der Waals surface area contributed by atoms with Crippen molar-refractivity contribution in [3.05, 3.63) is 106 Å². The molecule has 0 spiro atoms. The topological polar surface area (TPSA) is 58.2 Å². The number of sulfonamides is 1. The van der Waals surface area contributed by atoms with E-state index in [0.717, 1.165) is 17.5 Å². The minimum Gasteiger partial charge on any atom is -0.382 e. The second-order valence-corrected chi connectivity index (χ2v) is 10.4. The predicted molar refractivity (Wildman–Crippen MR) is 133 cm³/mol. The van der Waals surface area contributed by atoms with E-state index in [4.69, 9.17) is 0 Å². The smallest absolute Gasteiger partial charge is 0.209 e. The van der Waals surface area contributed by atoms with Gasteiger partial charge in [-0.15, -0.1) is 0 Å². The van der Waals surface area contributed by atoms with Crippen LogP contribution < -0.4 is 10.0 Å². The Morgan fingerprint density at radius 1 is 0.812 bits per heavy atom. The normalized spacial score (nSPS) is 17.3. The van der Waals surface area contributed by atoms with Gasteiger partial charge in [0.15, 0.2) is 0 Å². The Morgan fingerprint density at radius 2 is 1.28 bits per heavy atom. The molecule has 2 N–H and O–H groups in total. The summed E-state index contributed by atoms with van der Waals surface area (Å²) in [5.41, 5.74) is 7.60. The number of allylic oxidation sites excluding steroid dienone is 5. The van der Waals surface area contributed by atoms with Gasteiger partial charge < -0.3 is 5.32 Å². The van der Waals surface area contributed by atoms with Crippen LogP contribution in [0.2, 0.25) is 0 Å². The number of hydrogen-bond donors (Lipinski definition) is 2. The number of benzene rings is 2. The molecule has 0 aliphatic heterocycles. The summed E-state index contributed by atoms with van der Waals surface area (Å²) in [6.07, 6.45) is 6.25. The number of nitrogens with one attached hydrogen (secondary N) is 2. The summed E-state index contributed by atoms with van der Waals surface area (Å²) in [4.78, 5) is 0. The van der Waals surface area contributed by atoms with Crippen molar-refractivity contribution in [1.29, 1.82) is 0 Å². The summed E-state index contributed by atoms with van der Waals surface area (Å²) in [5, 5.41) is 3.49. The summed E-state index contributed by atoms with van der Waals surface area (Å²) < 4.78 is 27.3. The zero-order valence-corrected chi connectivity index (χ0v) is 20.4. The quantitative estimate of drug-likeness (QED) is 0.506. The zero-order valence-electron chi connectivity index (χ0n) is 19.6. The molecule has 1 aliphatic rings. The molecule has 2 atom stereocenters. The minimum absolute atomic E-state index is 0.259. The number of rotatable bonds is 9. The molecule has 0 unspecified atom stereocenters. The average molecular weight is 451 g/mol. The van der Waals surface area contributed by atoms with Crippen molar-refractivity contribution < 1.29 is 8.42 Å². The summed E-state index contributed by atoms with van der Waals surface area (Å²) in [5.74, 6) is 0.433. The number of hydrogen-bond acceptors (Lipinski definition) is 3. The van der Waals surface area contributed by atoms with Crippen LogP contribution in [0.1, 0.15) is 57.3 Å². The third-order valence-electron chi connectivity index (χ3n) is 6.55. The molecule has 32 heavy (non-hydrogen) atoms. The van der Waals surface area contributed by atoms with Gasteiger partial charge in [-0.25, -0.2) is 13.1 Å². The summed E-state index contributed by atoms with van der Waals surface area (Å²) in [7, 11) is -3.42. The van der Waals surface area contributed by atoms with Crippen molar-refractivity contribution >= 4 is 10.0 Å². The van der Waals surface area contributed by atoms with Gasteiger partial charge in [0, 0.05) is 5.92 Å². The van der Waals surface area contributed by atoms with Crippen molar-refractivity contribution in [2.75, 3.05) is 6.26 Å². The molecule has 3 rings (SSSR count). The fraction of sp³-hybridized carbons (Fsp3) is 0.333. The van der Waals surface area contributed by atoms with E-state index in [1.165, 1.54) is 28.5 Å². The molecule has 0 bridgehead atoms. The van der Waals surface area contributed by atoms with Crippen LogP contribution >= 0.6 is 0 Å². The lowest BCUT2D eigenvalue weighted by atomic mass is 9.93. The van der Waals surface area contributed by atoms with Gasteiger partial charge in [-0.3, -0.25) is 0 Å². The van der Waals surface area contributed by atoms with E-state index < -0.39 is 16.1 Å². The van der Waals surface area contributed by atoms with E-state index in [1.807, 2.05) is 66.9 Å². The molecule has 4 nitrogen and oxygen atoms in total. The van der Waals surface area contributed by atoms with Crippen LogP contribution in [0.25, 0.3) is 0 Å².